The summed E-state index contributed by atoms with van der Waals surface area (Å²) in [6.45, 7) is 6.16. The second-order valence-corrected chi connectivity index (χ2v) is 5.22. The Morgan fingerprint density at radius 3 is 2.41 bits per heavy atom. The number of likely N-dealkylation sites (tertiary alicyclic amines) is 1. The zero-order chi connectivity index (χ0) is 12.1. The Bertz CT molecular complexity index is 323. The molecule has 0 aromatic heterocycles. The van der Waals surface area contributed by atoms with Crippen LogP contribution in [0.2, 0.25) is 0 Å². The van der Waals surface area contributed by atoms with Gasteiger partial charge in [0, 0.05) is 19.3 Å². The van der Waals surface area contributed by atoms with Crippen molar-refractivity contribution in [3.8, 4) is 0 Å². The molecule has 0 saturated carbocycles. The number of hydrogen-bond donors (Lipinski definition) is 1. The number of nitrogens with one attached hydrogen (secondary N) is 1. The lowest BCUT2D eigenvalue weighted by atomic mass is 9.99. The molecule has 1 N–H and O–H groups in total. The van der Waals surface area contributed by atoms with Gasteiger partial charge in [-0.3, -0.25) is 0 Å². The molecule has 1 aliphatic heterocycles. The van der Waals surface area contributed by atoms with Crippen molar-refractivity contribution in [2.24, 2.45) is 5.92 Å². The molecule has 1 fully saturated rings. The topological polar surface area (TPSA) is 15.3 Å². The molecule has 1 heterocycles. The molecular weight excluding hydrogens is 208 g/mol. The highest BCUT2D eigenvalue weighted by atomic mass is 15.1. The smallest absolute Gasteiger partial charge is 0.0337 e. The molecular formula is C15H24N2. The quantitative estimate of drug-likeness (QED) is 0.858. The molecule has 0 bridgehead atoms. The van der Waals surface area contributed by atoms with Crippen LogP contribution in [0.1, 0.15) is 25.3 Å². The predicted octanol–water partition coefficient (Wildman–Crippen LogP) is 3.00. The van der Waals surface area contributed by atoms with Crippen LogP contribution in [0.15, 0.2) is 24.3 Å². The highest BCUT2D eigenvalue weighted by Crippen LogP contribution is 2.16. The zero-order valence-corrected chi connectivity index (χ0v) is 11.1. The van der Waals surface area contributed by atoms with Gasteiger partial charge in [-0.2, -0.15) is 0 Å². The lowest BCUT2D eigenvalue weighted by molar-refractivity contribution is 0.194. The van der Waals surface area contributed by atoms with E-state index in [-0.39, 0.29) is 0 Å². The fourth-order valence-corrected chi connectivity index (χ4v) is 2.41. The van der Waals surface area contributed by atoms with Crippen molar-refractivity contribution in [1.82, 2.24) is 4.90 Å². The molecule has 1 saturated heterocycles. The maximum atomic E-state index is 3.15. The van der Waals surface area contributed by atoms with Gasteiger partial charge >= 0.3 is 0 Å². The molecule has 0 spiro atoms. The average Bonchev–Trinajstić information content (AvgIpc) is 2.39. The minimum absolute atomic E-state index is 0.932. The van der Waals surface area contributed by atoms with Crippen LogP contribution in [0.5, 0.6) is 0 Å². The standard InChI is InChI=1S/C15H24N2/c1-13-7-10-17(11-8-13)12-9-14-3-5-15(16-2)6-4-14/h3-6,13,16H,7-12H2,1-2H3. The van der Waals surface area contributed by atoms with Crippen molar-refractivity contribution < 1.29 is 0 Å². The van der Waals surface area contributed by atoms with Gasteiger partial charge in [-0.25, -0.2) is 0 Å². The Morgan fingerprint density at radius 2 is 1.82 bits per heavy atom. The summed E-state index contributed by atoms with van der Waals surface area (Å²) in [6.07, 6.45) is 3.93. The highest BCUT2D eigenvalue weighted by molar-refractivity contribution is 5.43. The van der Waals surface area contributed by atoms with Crippen LogP contribution in [0, 0.1) is 5.92 Å². The van der Waals surface area contributed by atoms with E-state index in [2.05, 4.69) is 41.4 Å². The summed E-state index contributed by atoms with van der Waals surface area (Å²) in [5.41, 5.74) is 2.64. The van der Waals surface area contributed by atoms with Crippen molar-refractivity contribution in [2.45, 2.75) is 26.2 Å². The Morgan fingerprint density at radius 1 is 1.18 bits per heavy atom. The van der Waals surface area contributed by atoms with Gasteiger partial charge in [0.15, 0.2) is 0 Å². The number of hydrogen-bond acceptors (Lipinski definition) is 2. The van der Waals surface area contributed by atoms with E-state index < -0.39 is 0 Å². The highest BCUT2D eigenvalue weighted by Gasteiger charge is 2.14. The summed E-state index contributed by atoms with van der Waals surface area (Å²) >= 11 is 0. The summed E-state index contributed by atoms with van der Waals surface area (Å²) in [6, 6.07) is 8.79. The monoisotopic (exact) mass is 232 g/mol. The molecule has 94 valence electrons. The van der Waals surface area contributed by atoms with Gasteiger partial charge in [0.25, 0.3) is 0 Å². The average molecular weight is 232 g/mol. The second-order valence-electron chi connectivity index (χ2n) is 5.22. The van der Waals surface area contributed by atoms with Gasteiger partial charge in [-0.05, 0) is 56.0 Å². The maximum absolute atomic E-state index is 3.15. The number of rotatable bonds is 4. The van der Waals surface area contributed by atoms with Crippen LogP contribution >= 0.6 is 0 Å². The van der Waals surface area contributed by atoms with E-state index in [9.17, 15) is 0 Å². The van der Waals surface area contributed by atoms with Crippen LogP contribution in [0.3, 0.4) is 0 Å². The molecule has 0 unspecified atom stereocenters. The summed E-state index contributed by atoms with van der Waals surface area (Å²) < 4.78 is 0. The zero-order valence-electron chi connectivity index (χ0n) is 11.1. The van der Waals surface area contributed by atoms with Gasteiger partial charge in [0.1, 0.15) is 0 Å². The van der Waals surface area contributed by atoms with Crippen LogP contribution in [-0.4, -0.2) is 31.6 Å². The van der Waals surface area contributed by atoms with Crippen LogP contribution in [0.4, 0.5) is 5.69 Å². The summed E-state index contributed by atoms with van der Waals surface area (Å²) in [5.74, 6) is 0.932. The SMILES string of the molecule is CNc1ccc(CCN2CCC(C)CC2)cc1. The van der Waals surface area contributed by atoms with Crippen molar-refractivity contribution in [2.75, 3.05) is 32.0 Å². The lowest BCUT2D eigenvalue weighted by Crippen LogP contribution is -2.34. The first kappa shape index (κ1) is 12.4. The predicted molar refractivity (Wildman–Crippen MR) is 74.5 cm³/mol. The maximum Gasteiger partial charge on any atom is 0.0337 e. The molecule has 0 atom stereocenters. The van der Waals surface area contributed by atoms with Crippen molar-refractivity contribution in [1.29, 1.82) is 0 Å². The number of benzene rings is 1. The molecule has 1 aliphatic rings. The van der Waals surface area contributed by atoms with Gasteiger partial charge < -0.3 is 10.2 Å². The van der Waals surface area contributed by atoms with E-state index >= 15 is 0 Å². The fraction of sp³-hybridized carbons (Fsp3) is 0.600. The molecule has 2 rings (SSSR count). The third-order valence-corrected chi connectivity index (χ3v) is 3.84. The molecule has 1 aromatic carbocycles. The minimum Gasteiger partial charge on any atom is -0.388 e. The Labute approximate surface area is 105 Å². The van der Waals surface area contributed by atoms with Crippen molar-refractivity contribution in [3.05, 3.63) is 29.8 Å². The van der Waals surface area contributed by atoms with E-state index in [0.29, 0.717) is 0 Å². The molecule has 1 aromatic rings. The first-order valence-electron chi connectivity index (χ1n) is 6.77. The van der Waals surface area contributed by atoms with Crippen LogP contribution in [0.25, 0.3) is 0 Å². The Hall–Kier alpha value is -1.02. The fourth-order valence-electron chi connectivity index (χ4n) is 2.41. The molecule has 0 amide bonds. The molecule has 0 radical (unpaired) electrons. The Balaban J connectivity index is 1.77. The van der Waals surface area contributed by atoms with Gasteiger partial charge in [-0.15, -0.1) is 0 Å². The third-order valence-electron chi connectivity index (χ3n) is 3.84. The molecule has 17 heavy (non-hydrogen) atoms. The first-order chi connectivity index (χ1) is 8.28. The third kappa shape index (κ3) is 3.74. The number of piperidine rings is 1. The van der Waals surface area contributed by atoms with E-state index in [1.807, 2.05) is 7.05 Å². The van der Waals surface area contributed by atoms with Gasteiger partial charge in [0.05, 0.1) is 0 Å². The van der Waals surface area contributed by atoms with E-state index in [1.165, 1.54) is 50.1 Å². The second kappa shape index (κ2) is 6.06. The summed E-state index contributed by atoms with van der Waals surface area (Å²) in [5, 5.41) is 3.15. The lowest BCUT2D eigenvalue weighted by Gasteiger charge is -2.30. The molecule has 0 aliphatic carbocycles. The van der Waals surface area contributed by atoms with Crippen LogP contribution in [-0.2, 0) is 6.42 Å². The summed E-state index contributed by atoms with van der Waals surface area (Å²) in [7, 11) is 1.96. The van der Waals surface area contributed by atoms with E-state index in [4.69, 9.17) is 0 Å². The Kier molecular flexibility index (Phi) is 4.43. The van der Waals surface area contributed by atoms with Crippen molar-refractivity contribution >= 4 is 5.69 Å². The van der Waals surface area contributed by atoms with Crippen molar-refractivity contribution in [3.63, 3.8) is 0 Å². The minimum atomic E-state index is 0.932. The molecule has 2 heteroatoms. The number of nitrogens with zero attached hydrogens (tertiary/aromatic N) is 1. The largest absolute Gasteiger partial charge is 0.388 e. The van der Waals surface area contributed by atoms with E-state index in [0.717, 1.165) is 5.92 Å². The summed E-state index contributed by atoms with van der Waals surface area (Å²) in [4.78, 5) is 2.60. The molecule has 2 nitrogen and oxygen atoms in total. The normalized spacial score (nSPS) is 18.2. The van der Waals surface area contributed by atoms with E-state index in [1.54, 1.807) is 0 Å². The van der Waals surface area contributed by atoms with Crippen LogP contribution < -0.4 is 5.32 Å². The first-order valence-corrected chi connectivity index (χ1v) is 6.77. The van der Waals surface area contributed by atoms with Gasteiger partial charge in [0.2, 0.25) is 0 Å². The van der Waals surface area contributed by atoms with Gasteiger partial charge in [-0.1, -0.05) is 19.1 Å². The number of anilines is 1.